The van der Waals surface area contributed by atoms with Gasteiger partial charge in [0, 0.05) is 30.8 Å². The van der Waals surface area contributed by atoms with E-state index in [0.717, 1.165) is 43.1 Å². The molecule has 1 aliphatic rings. The zero-order valence-corrected chi connectivity index (χ0v) is 10.2. The van der Waals surface area contributed by atoms with E-state index < -0.39 is 0 Å². The summed E-state index contributed by atoms with van der Waals surface area (Å²) in [6, 6.07) is 12.4. The summed E-state index contributed by atoms with van der Waals surface area (Å²) in [5, 5.41) is 4.11. The van der Waals surface area contributed by atoms with Gasteiger partial charge in [-0.25, -0.2) is 0 Å². The highest BCUT2D eigenvalue weighted by atomic mass is 16.5. The molecule has 2 heterocycles. The second-order valence-corrected chi connectivity index (χ2v) is 4.83. The summed E-state index contributed by atoms with van der Waals surface area (Å²) in [5.74, 6) is 0.906. The van der Waals surface area contributed by atoms with Crippen molar-refractivity contribution in [1.29, 1.82) is 0 Å². The molecular weight excluding hydrogens is 226 g/mol. The van der Waals surface area contributed by atoms with Gasteiger partial charge in [0.05, 0.1) is 6.54 Å². The van der Waals surface area contributed by atoms with E-state index in [9.17, 15) is 0 Å². The number of aromatic nitrogens is 1. The van der Waals surface area contributed by atoms with Crippen LogP contribution in [0.5, 0.6) is 0 Å². The lowest BCUT2D eigenvalue weighted by Crippen LogP contribution is -2.26. The van der Waals surface area contributed by atoms with Crippen molar-refractivity contribution in [1.82, 2.24) is 10.1 Å². The summed E-state index contributed by atoms with van der Waals surface area (Å²) in [6.07, 6.45) is 1.07. The molecule has 1 fully saturated rings. The van der Waals surface area contributed by atoms with Gasteiger partial charge in [-0.2, -0.15) is 0 Å². The highest BCUT2D eigenvalue weighted by molar-refractivity contribution is 5.58. The molecule has 94 valence electrons. The van der Waals surface area contributed by atoms with E-state index >= 15 is 0 Å². The molecule has 1 saturated heterocycles. The Hall–Kier alpha value is -1.65. The number of rotatable bonds is 3. The van der Waals surface area contributed by atoms with Crippen LogP contribution < -0.4 is 5.73 Å². The quantitative estimate of drug-likeness (QED) is 0.894. The molecule has 0 aliphatic carbocycles. The van der Waals surface area contributed by atoms with Crippen molar-refractivity contribution in [3.05, 3.63) is 42.2 Å². The summed E-state index contributed by atoms with van der Waals surface area (Å²) in [6.45, 7) is 2.79. The van der Waals surface area contributed by atoms with Crippen molar-refractivity contribution in [2.75, 3.05) is 13.1 Å². The third-order valence-corrected chi connectivity index (χ3v) is 3.32. The van der Waals surface area contributed by atoms with Crippen LogP contribution in [0.25, 0.3) is 11.3 Å². The summed E-state index contributed by atoms with van der Waals surface area (Å²) in [5.41, 5.74) is 7.87. The van der Waals surface area contributed by atoms with Crippen LogP contribution in [0, 0.1) is 0 Å². The van der Waals surface area contributed by atoms with Gasteiger partial charge in [0.2, 0.25) is 0 Å². The average Bonchev–Trinajstić information content (AvgIpc) is 3.01. The fraction of sp³-hybridized carbons (Fsp3) is 0.357. The molecule has 4 nitrogen and oxygen atoms in total. The van der Waals surface area contributed by atoms with Crippen LogP contribution in [0.3, 0.4) is 0 Å². The number of benzene rings is 1. The molecule has 2 N–H and O–H groups in total. The van der Waals surface area contributed by atoms with Gasteiger partial charge in [-0.05, 0) is 6.42 Å². The summed E-state index contributed by atoms with van der Waals surface area (Å²) < 4.78 is 5.38. The molecule has 4 heteroatoms. The summed E-state index contributed by atoms with van der Waals surface area (Å²) >= 11 is 0. The van der Waals surface area contributed by atoms with Crippen LogP contribution in [-0.2, 0) is 6.54 Å². The minimum Gasteiger partial charge on any atom is -0.359 e. The monoisotopic (exact) mass is 243 g/mol. The van der Waals surface area contributed by atoms with Crippen molar-refractivity contribution in [3.8, 4) is 11.3 Å². The zero-order chi connectivity index (χ0) is 12.4. The van der Waals surface area contributed by atoms with Crippen LogP contribution in [0.2, 0.25) is 0 Å². The lowest BCUT2D eigenvalue weighted by Gasteiger charge is -2.11. The molecule has 0 spiro atoms. The number of nitrogens with zero attached hydrogens (tertiary/aromatic N) is 2. The van der Waals surface area contributed by atoms with Gasteiger partial charge in [0.15, 0.2) is 5.76 Å². The fourth-order valence-corrected chi connectivity index (χ4v) is 2.36. The lowest BCUT2D eigenvalue weighted by atomic mass is 10.1. The molecule has 1 atom stereocenters. The molecule has 0 bridgehead atoms. The first-order valence-corrected chi connectivity index (χ1v) is 6.30. The Labute approximate surface area is 106 Å². The van der Waals surface area contributed by atoms with Crippen molar-refractivity contribution >= 4 is 0 Å². The molecule has 0 saturated carbocycles. The number of likely N-dealkylation sites (tertiary alicyclic amines) is 1. The van der Waals surface area contributed by atoms with E-state index in [2.05, 4.69) is 10.1 Å². The van der Waals surface area contributed by atoms with Crippen molar-refractivity contribution in [2.24, 2.45) is 5.73 Å². The third-order valence-electron chi connectivity index (χ3n) is 3.32. The zero-order valence-electron chi connectivity index (χ0n) is 10.2. The highest BCUT2D eigenvalue weighted by Crippen LogP contribution is 2.20. The van der Waals surface area contributed by atoms with Crippen molar-refractivity contribution in [3.63, 3.8) is 0 Å². The van der Waals surface area contributed by atoms with Crippen LogP contribution in [0.4, 0.5) is 0 Å². The number of hydrogen-bond acceptors (Lipinski definition) is 4. The Morgan fingerprint density at radius 2 is 2.17 bits per heavy atom. The largest absolute Gasteiger partial charge is 0.359 e. The maximum atomic E-state index is 5.89. The van der Waals surface area contributed by atoms with Crippen LogP contribution in [-0.4, -0.2) is 29.2 Å². The molecule has 18 heavy (non-hydrogen) atoms. The Kier molecular flexibility index (Phi) is 3.13. The predicted octanol–water partition coefficient (Wildman–Crippen LogP) is 1.87. The second kappa shape index (κ2) is 4.92. The Morgan fingerprint density at radius 1 is 1.33 bits per heavy atom. The molecule has 2 aromatic rings. The van der Waals surface area contributed by atoms with E-state index in [1.807, 2.05) is 36.4 Å². The Morgan fingerprint density at radius 3 is 2.89 bits per heavy atom. The van der Waals surface area contributed by atoms with Gasteiger partial charge in [-0.15, -0.1) is 0 Å². The Balaban J connectivity index is 1.70. The molecule has 1 aromatic heterocycles. The lowest BCUT2D eigenvalue weighted by molar-refractivity contribution is 0.272. The molecule has 1 aromatic carbocycles. The van der Waals surface area contributed by atoms with Crippen LogP contribution in [0.1, 0.15) is 12.2 Å². The topological polar surface area (TPSA) is 55.3 Å². The molecule has 0 amide bonds. The third kappa shape index (κ3) is 2.44. The van der Waals surface area contributed by atoms with Crippen LogP contribution >= 0.6 is 0 Å². The fourth-order valence-electron chi connectivity index (χ4n) is 2.36. The van der Waals surface area contributed by atoms with Crippen molar-refractivity contribution in [2.45, 2.75) is 19.0 Å². The minimum atomic E-state index is 0.307. The SMILES string of the molecule is N[C@@H]1CCN(Cc2cc(-c3ccccc3)no2)C1. The molecule has 1 aliphatic heterocycles. The van der Waals surface area contributed by atoms with Gasteiger partial charge < -0.3 is 10.3 Å². The summed E-state index contributed by atoms with van der Waals surface area (Å²) in [4.78, 5) is 2.31. The van der Waals surface area contributed by atoms with E-state index in [4.69, 9.17) is 10.3 Å². The van der Waals surface area contributed by atoms with E-state index in [1.165, 1.54) is 0 Å². The first-order valence-electron chi connectivity index (χ1n) is 6.30. The first-order chi connectivity index (χ1) is 8.81. The Bertz CT molecular complexity index is 509. The van der Waals surface area contributed by atoms with Crippen LogP contribution in [0.15, 0.2) is 40.9 Å². The maximum absolute atomic E-state index is 5.89. The summed E-state index contributed by atoms with van der Waals surface area (Å²) in [7, 11) is 0. The number of nitrogens with two attached hydrogens (primary N) is 1. The van der Waals surface area contributed by atoms with E-state index in [-0.39, 0.29) is 0 Å². The molecule has 0 unspecified atom stereocenters. The van der Waals surface area contributed by atoms with Gasteiger partial charge >= 0.3 is 0 Å². The predicted molar refractivity (Wildman–Crippen MR) is 69.8 cm³/mol. The highest BCUT2D eigenvalue weighted by Gasteiger charge is 2.20. The average molecular weight is 243 g/mol. The first kappa shape index (κ1) is 11.4. The van der Waals surface area contributed by atoms with Gasteiger partial charge in [0.25, 0.3) is 0 Å². The number of hydrogen-bond donors (Lipinski definition) is 1. The standard InChI is InChI=1S/C14H17N3O/c15-12-6-7-17(9-12)10-13-8-14(16-18-13)11-4-2-1-3-5-11/h1-5,8,12H,6-7,9-10,15H2/t12-/m1/s1. The van der Waals surface area contributed by atoms with Gasteiger partial charge in [-0.1, -0.05) is 35.5 Å². The molecular formula is C14H17N3O. The van der Waals surface area contributed by atoms with Gasteiger partial charge in [0.1, 0.15) is 5.69 Å². The van der Waals surface area contributed by atoms with Gasteiger partial charge in [-0.3, -0.25) is 4.90 Å². The molecule has 0 radical (unpaired) electrons. The normalized spacial score (nSPS) is 20.4. The minimum absolute atomic E-state index is 0.307. The molecule has 3 rings (SSSR count). The second-order valence-electron chi connectivity index (χ2n) is 4.83. The van der Waals surface area contributed by atoms with E-state index in [1.54, 1.807) is 0 Å². The van der Waals surface area contributed by atoms with E-state index in [0.29, 0.717) is 6.04 Å². The smallest absolute Gasteiger partial charge is 0.151 e. The maximum Gasteiger partial charge on any atom is 0.151 e. The van der Waals surface area contributed by atoms with Crippen molar-refractivity contribution < 1.29 is 4.52 Å².